The van der Waals surface area contributed by atoms with Crippen LogP contribution in [0.15, 0.2) is 24.3 Å². The molecule has 3 atom stereocenters. The Hall–Kier alpha value is -1.07. The van der Waals surface area contributed by atoms with Gasteiger partial charge in [0.2, 0.25) is 5.91 Å². The monoisotopic (exact) mass is 370 g/mol. The topological polar surface area (TPSA) is 41.6 Å². The zero-order valence-corrected chi connectivity index (χ0v) is 15.8. The molecular weight excluding hydrogens is 347 g/mol. The Morgan fingerprint density at radius 1 is 1.38 bits per heavy atom. The van der Waals surface area contributed by atoms with Crippen molar-refractivity contribution in [2.24, 2.45) is 0 Å². The van der Waals surface area contributed by atoms with Crippen molar-refractivity contribution >= 4 is 35.2 Å². The Labute approximate surface area is 153 Å². The number of halogens is 2. The number of benzene rings is 1. The van der Waals surface area contributed by atoms with E-state index in [1.807, 2.05) is 0 Å². The van der Waals surface area contributed by atoms with Gasteiger partial charge in [-0.05, 0) is 44.5 Å². The zero-order valence-electron chi connectivity index (χ0n) is 14.3. The van der Waals surface area contributed by atoms with Gasteiger partial charge in [0.1, 0.15) is 0 Å². The number of nitrogens with one attached hydrogen (secondary N) is 1. The average Bonchev–Trinajstić information content (AvgIpc) is 2.50. The number of carbonyl (C=O) groups excluding carboxylic acids is 1. The maximum Gasteiger partial charge on any atom is 0.244 e. The highest BCUT2D eigenvalue weighted by atomic mass is 35.5. The Morgan fingerprint density at radius 2 is 2.04 bits per heavy atom. The fraction of sp³-hybridized carbons (Fsp3) is 0.500. The summed E-state index contributed by atoms with van der Waals surface area (Å²) in [5, 5.41) is 4.03. The molecule has 1 N–H and O–H groups in total. The third-order valence-corrected chi connectivity index (χ3v) is 4.58. The van der Waals surface area contributed by atoms with E-state index in [0.717, 1.165) is 18.7 Å². The first-order valence-electron chi connectivity index (χ1n) is 8.15. The molecule has 2 rings (SSSR count). The van der Waals surface area contributed by atoms with Gasteiger partial charge in [0.05, 0.1) is 12.2 Å². The van der Waals surface area contributed by atoms with Crippen molar-refractivity contribution in [2.75, 3.05) is 19.6 Å². The Balaban J connectivity index is 1.83. The summed E-state index contributed by atoms with van der Waals surface area (Å²) in [4.78, 5) is 14.3. The predicted molar refractivity (Wildman–Crippen MR) is 99.5 cm³/mol. The van der Waals surface area contributed by atoms with E-state index in [0.29, 0.717) is 16.6 Å². The molecule has 0 aliphatic carbocycles. The van der Waals surface area contributed by atoms with Gasteiger partial charge >= 0.3 is 0 Å². The van der Waals surface area contributed by atoms with Crippen LogP contribution in [0.3, 0.4) is 0 Å². The lowest BCUT2D eigenvalue weighted by atomic mass is 10.1. The molecule has 1 aromatic carbocycles. The molecule has 0 aromatic heterocycles. The van der Waals surface area contributed by atoms with Crippen LogP contribution in [0.5, 0.6) is 0 Å². The average molecular weight is 371 g/mol. The van der Waals surface area contributed by atoms with Crippen LogP contribution in [-0.4, -0.2) is 48.7 Å². The van der Waals surface area contributed by atoms with Gasteiger partial charge in [0.15, 0.2) is 0 Å². The summed E-state index contributed by atoms with van der Waals surface area (Å²) in [7, 11) is 0. The van der Waals surface area contributed by atoms with Crippen molar-refractivity contribution in [2.45, 2.75) is 39.0 Å². The Kier molecular flexibility index (Phi) is 7.11. The van der Waals surface area contributed by atoms with E-state index in [2.05, 4.69) is 31.0 Å². The summed E-state index contributed by atoms with van der Waals surface area (Å²) in [6, 6.07) is 5.44. The lowest BCUT2D eigenvalue weighted by Gasteiger charge is -2.38. The third-order valence-electron chi connectivity index (χ3n) is 4.02. The van der Waals surface area contributed by atoms with Gasteiger partial charge in [-0.3, -0.25) is 9.69 Å². The van der Waals surface area contributed by atoms with Crippen LogP contribution in [0.1, 0.15) is 26.3 Å². The molecule has 1 aliphatic heterocycles. The standard InChI is InChI=1S/C18H24Cl2N2O2/c1-12(22-10-13(2)24-14(3)11-22)9-21-18(23)7-5-15-4-6-16(19)8-17(15)20/h4-8,12-14H,9-11H2,1-3H3,(H,21,23)/b7-5+/t12-,13+,14+/m0/s1. The second-order valence-electron chi connectivity index (χ2n) is 6.30. The van der Waals surface area contributed by atoms with Gasteiger partial charge in [-0.1, -0.05) is 29.3 Å². The molecule has 132 valence electrons. The van der Waals surface area contributed by atoms with E-state index in [9.17, 15) is 4.79 Å². The SMILES string of the molecule is C[C@@H]1CN([C@@H](C)CNC(=O)/C=C/c2ccc(Cl)cc2Cl)C[C@@H](C)O1. The first-order valence-corrected chi connectivity index (χ1v) is 8.91. The highest BCUT2D eigenvalue weighted by Crippen LogP contribution is 2.21. The number of nitrogens with zero attached hydrogens (tertiary/aromatic N) is 1. The van der Waals surface area contributed by atoms with E-state index < -0.39 is 0 Å². The number of morpholine rings is 1. The van der Waals surface area contributed by atoms with Crippen molar-refractivity contribution in [3.63, 3.8) is 0 Å². The number of carbonyl (C=O) groups is 1. The molecule has 6 heteroatoms. The summed E-state index contributed by atoms with van der Waals surface area (Å²) >= 11 is 11.9. The van der Waals surface area contributed by atoms with Gasteiger partial charge in [0.25, 0.3) is 0 Å². The molecule has 1 heterocycles. The van der Waals surface area contributed by atoms with Crippen LogP contribution in [-0.2, 0) is 9.53 Å². The molecule has 0 unspecified atom stereocenters. The molecule has 24 heavy (non-hydrogen) atoms. The minimum Gasteiger partial charge on any atom is -0.373 e. The van der Waals surface area contributed by atoms with Crippen LogP contribution in [0.25, 0.3) is 6.08 Å². The van der Waals surface area contributed by atoms with Gasteiger partial charge in [-0.15, -0.1) is 0 Å². The van der Waals surface area contributed by atoms with Crippen molar-refractivity contribution in [3.05, 3.63) is 39.9 Å². The van der Waals surface area contributed by atoms with E-state index in [1.165, 1.54) is 6.08 Å². The van der Waals surface area contributed by atoms with Crippen LogP contribution in [0.4, 0.5) is 0 Å². The maximum absolute atomic E-state index is 12.0. The van der Waals surface area contributed by atoms with Crippen molar-refractivity contribution < 1.29 is 9.53 Å². The highest BCUT2D eigenvalue weighted by molar-refractivity contribution is 6.35. The van der Waals surface area contributed by atoms with Gasteiger partial charge in [-0.25, -0.2) is 0 Å². The normalized spacial score (nSPS) is 23.4. The number of rotatable bonds is 5. The van der Waals surface area contributed by atoms with Crippen LogP contribution in [0, 0.1) is 0 Å². The largest absolute Gasteiger partial charge is 0.373 e. The first-order chi connectivity index (χ1) is 11.3. The van der Waals surface area contributed by atoms with Gasteiger partial charge in [0, 0.05) is 41.8 Å². The minimum atomic E-state index is -0.137. The molecule has 4 nitrogen and oxygen atoms in total. The minimum absolute atomic E-state index is 0.137. The van der Waals surface area contributed by atoms with Crippen molar-refractivity contribution in [3.8, 4) is 0 Å². The quantitative estimate of drug-likeness (QED) is 0.804. The molecule has 1 aromatic rings. The second-order valence-corrected chi connectivity index (χ2v) is 7.15. The molecule has 1 fully saturated rings. The summed E-state index contributed by atoms with van der Waals surface area (Å²) in [5.41, 5.74) is 0.764. The zero-order chi connectivity index (χ0) is 17.7. The molecule has 0 spiro atoms. The van der Waals surface area contributed by atoms with E-state index in [4.69, 9.17) is 27.9 Å². The van der Waals surface area contributed by atoms with Gasteiger partial charge < -0.3 is 10.1 Å². The number of ether oxygens (including phenoxy) is 1. The van der Waals surface area contributed by atoms with Gasteiger partial charge in [-0.2, -0.15) is 0 Å². The smallest absolute Gasteiger partial charge is 0.244 e. The Morgan fingerprint density at radius 3 is 2.67 bits per heavy atom. The summed E-state index contributed by atoms with van der Waals surface area (Å²) < 4.78 is 5.74. The maximum atomic E-state index is 12.0. The molecular formula is C18H24Cl2N2O2. The predicted octanol–water partition coefficient (Wildman–Crippen LogP) is 3.62. The Bertz CT molecular complexity index is 597. The summed E-state index contributed by atoms with van der Waals surface area (Å²) in [5.74, 6) is -0.137. The lowest BCUT2D eigenvalue weighted by Crippen LogP contribution is -2.52. The lowest BCUT2D eigenvalue weighted by molar-refractivity contribution is -0.117. The van der Waals surface area contributed by atoms with Crippen LogP contribution >= 0.6 is 23.2 Å². The number of hydrogen-bond donors (Lipinski definition) is 1. The van der Waals surface area contributed by atoms with Crippen LogP contribution < -0.4 is 5.32 Å². The first kappa shape index (κ1) is 19.3. The highest BCUT2D eigenvalue weighted by Gasteiger charge is 2.25. The fourth-order valence-corrected chi connectivity index (χ4v) is 3.29. The van der Waals surface area contributed by atoms with Crippen molar-refractivity contribution in [1.82, 2.24) is 10.2 Å². The summed E-state index contributed by atoms with van der Waals surface area (Å²) in [6.45, 7) is 8.64. The molecule has 0 radical (unpaired) electrons. The molecule has 0 saturated carbocycles. The molecule has 1 amide bonds. The van der Waals surface area contributed by atoms with E-state index in [-0.39, 0.29) is 24.2 Å². The third kappa shape index (κ3) is 5.78. The fourth-order valence-electron chi connectivity index (χ4n) is 2.82. The number of amides is 1. The van der Waals surface area contributed by atoms with E-state index >= 15 is 0 Å². The van der Waals surface area contributed by atoms with Crippen LogP contribution in [0.2, 0.25) is 10.0 Å². The van der Waals surface area contributed by atoms with E-state index in [1.54, 1.807) is 24.3 Å². The molecule has 0 bridgehead atoms. The second kappa shape index (κ2) is 8.86. The summed E-state index contributed by atoms with van der Waals surface area (Å²) in [6.07, 6.45) is 3.63. The van der Waals surface area contributed by atoms with Crippen molar-refractivity contribution in [1.29, 1.82) is 0 Å². The number of hydrogen-bond acceptors (Lipinski definition) is 3. The molecule has 1 aliphatic rings. The molecule has 1 saturated heterocycles.